The molecule has 4 unspecified atom stereocenters. The molecule has 0 amide bonds. The molecule has 4 atom stereocenters. The summed E-state index contributed by atoms with van der Waals surface area (Å²) in [6, 6.07) is 0.409. The second-order valence-corrected chi connectivity index (χ2v) is 6.05. The van der Waals surface area contributed by atoms with Gasteiger partial charge in [-0.1, -0.05) is 20.3 Å². The van der Waals surface area contributed by atoms with Gasteiger partial charge in [0, 0.05) is 25.7 Å². The largest absolute Gasteiger partial charge is 0.378 e. The molecule has 18 heavy (non-hydrogen) atoms. The van der Waals surface area contributed by atoms with Gasteiger partial charge in [-0.2, -0.15) is 0 Å². The fourth-order valence-electron chi connectivity index (χ4n) is 3.64. The van der Waals surface area contributed by atoms with Crippen LogP contribution in [0.15, 0.2) is 0 Å². The molecule has 0 aromatic rings. The minimum Gasteiger partial charge on any atom is -0.378 e. The predicted octanol–water partition coefficient (Wildman–Crippen LogP) is 1.84. The molecular formula is C14H28N2O2. The van der Waals surface area contributed by atoms with Crippen LogP contribution in [-0.4, -0.2) is 31.5 Å². The third-order valence-electron chi connectivity index (χ3n) is 4.66. The summed E-state index contributed by atoms with van der Waals surface area (Å²) in [5, 5.41) is 0. The van der Waals surface area contributed by atoms with Crippen LogP contribution < -0.4 is 11.3 Å². The van der Waals surface area contributed by atoms with E-state index in [0.29, 0.717) is 17.9 Å². The first-order valence-electron chi connectivity index (χ1n) is 7.38. The van der Waals surface area contributed by atoms with E-state index in [9.17, 15) is 0 Å². The van der Waals surface area contributed by atoms with Crippen molar-refractivity contribution in [2.75, 3.05) is 19.8 Å². The van der Waals surface area contributed by atoms with Crippen LogP contribution in [0, 0.1) is 11.8 Å². The fourth-order valence-corrected chi connectivity index (χ4v) is 3.64. The van der Waals surface area contributed by atoms with Crippen molar-refractivity contribution in [1.29, 1.82) is 0 Å². The number of hydrogen-bond donors (Lipinski definition) is 2. The first-order valence-corrected chi connectivity index (χ1v) is 7.38. The lowest BCUT2D eigenvalue weighted by Crippen LogP contribution is -2.51. The molecule has 1 spiro atoms. The Bertz CT molecular complexity index is 254. The normalized spacial score (nSPS) is 35.8. The molecule has 2 rings (SSSR count). The zero-order valence-corrected chi connectivity index (χ0v) is 11.8. The second kappa shape index (κ2) is 6.33. The zero-order chi connectivity index (χ0) is 13.0. The maximum atomic E-state index is 6.00. The fraction of sp³-hybridized carbons (Fsp3) is 1.00. The van der Waals surface area contributed by atoms with Crippen molar-refractivity contribution in [3.8, 4) is 0 Å². The van der Waals surface area contributed by atoms with Gasteiger partial charge in [-0.3, -0.25) is 11.3 Å². The van der Waals surface area contributed by atoms with E-state index in [-0.39, 0.29) is 5.60 Å². The molecule has 2 aliphatic rings. The van der Waals surface area contributed by atoms with E-state index >= 15 is 0 Å². The Labute approximate surface area is 111 Å². The summed E-state index contributed by atoms with van der Waals surface area (Å²) in [5.41, 5.74) is 3.06. The number of nitrogens with one attached hydrogen (secondary N) is 1. The molecule has 2 fully saturated rings. The summed E-state index contributed by atoms with van der Waals surface area (Å²) >= 11 is 0. The van der Waals surface area contributed by atoms with Gasteiger partial charge in [-0.15, -0.1) is 0 Å². The second-order valence-electron chi connectivity index (χ2n) is 6.05. The summed E-state index contributed by atoms with van der Waals surface area (Å²) in [6.45, 7) is 7.01. The third-order valence-corrected chi connectivity index (χ3v) is 4.66. The van der Waals surface area contributed by atoms with Crippen molar-refractivity contribution in [3.63, 3.8) is 0 Å². The molecule has 0 aliphatic carbocycles. The molecule has 2 aliphatic heterocycles. The smallest absolute Gasteiger partial charge is 0.0939 e. The summed E-state index contributed by atoms with van der Waals surface area (Å²) in [5.74, 6) is 7.04. The highest BCUT2D eigenvalue weighted by atomic mass is 16.6. The molecule has 4 nitrogen and oxygen atoms in total. The van der Waals surface area contributed by atoms with Crippen molar-refractivity contribution in [1.82, 2.24) is 5.43 Å². The van der Waals surface area contributed by atoms with Crippen LogP contribution in [0.4, 0.5) is 0 Å². The molecule has 2 saturated heterocycles. The number of nitrogens with two attached hydrogens (primary N) is 1. The first kappa shape index (κ1) is 14.3. The zero-order valence-electron chi connectivity index (χ0n) is 11.8. The van der Waals surface area contributed by atoms with Crippen LogP contribution >= 0.6 is 0 Å². The summed E-state index contributed by atoms with van der Waals surface area (Å²) < 4.78 is 11.5. The van der Waals surface area contributed by atoms with Gasteiger partial charge < -0.3 is 9.47 Å². The molecule has 0 aromatic heterocycles. The average molecular weight is 256 g/mol. The minimum absolute atomic E-state index is 0.00997. The Balaban J connectivity index is 1.97. The highest BCUT2D eigenvalue weighted by molar-refractivity contribution is 4.94. The number of rotatable bonds is 5. The van der Waals surface area contributed by atoms with Gasteiger partial charge in [0.25, 0.3) is 0 Å². The first-order chi connectivity index (χ1) is 8.71. The van der Waals surface area contributed by atoms with E-state index in [2.05, 4.69) is 19.3 Å². The Hall–Kier alpha value is -0.160. The van der Waals surface area contributed by atoms with Gasteiger partial charge in [0.05, 0.1) is 12.2 Å². The van der Waals surface area contributed by atoms with Gasteiger partial charge in [-0.25, -0.2) is 0 Å². The lowest BCUT2D eigenvalue weighted by molar-refractivity contribution is -0.105. The van der Waals surface area contributed by atoms with Gasteiger partial charge >= 0.3 is 0 Å². The number of hydrogen-bond acceptors (Lipinski definition) is 4. The van der Waals surface area contributed by atoms with Crippen molar-refractivity contribution >= 4 is 0 Å². The molecule has 2 heterocycles. The number of ether oxygens (including phenoxy) is 2. The molecule has 3 N–H and O–H groups in total. The Morgan fingerprint density at radius 2 is 2.28 bits per heavy atom. The molecule has 106 valence electrons. The van der Waals surface area contributed by atoms with E-state index < -0.39 is 0 Å². The molecule has 0 radical (unpaired) electrons. The van der Waals surface area contributed by atoms with Crippen molar-refractivity contribution in [2.24, 2.45) is 17.7 Å². The molecule has 0 aromatic carbocycles. The van der Waals surface area contributed by atoms with Crippen LogP contribution in [0.2, 0.25) is 0 Å². The highest BCUT2D eigenvalue weighted by Gasteiger charge is 2.43. The van der Waals surface area contributed by atoms with Crippen molar-refractivity contribution in [2.45, 2.75) is 57.6 Å². The molecule has 0 bridgehead atoms. The minimum atomic E-state index is -0.00997. The summed E-state index contributed by atoms with van der Waals surface area (Å²) in [4.78, 5) is 0. The monoisotopic (exact) mass is 256 g/mol. The Morgan fingerprint density at radius 1 is 1.44 bits per heavy atom. The van der Waals surface area contributed by atoms with E-state index in [1.807, 2.05) is 0 Å². The maximum absolute atomic E-state index is 6.00. The van der Waals surface area contributed by atoms with Gasteiger partial charge in [0.1, 0.15) is 0 Å². The van der Waals surface area contributed by atoms with Crippen molar-refractivity contribution < 1.29 is 9.47 Å². The van der Waals surface area contributed by atoms with Crippen LogP contribution in [0.1, 0.15) is 46.0 Å². The van der Waals surface area contributed by atoms with Crippen LogP contribution in [0.5, 0.6) is 0 Å². The molecule has 0 saturated carbocycles. The van der Waals surface area contributed by atoms with Gasteiger partial charge in [-0.05, 0) is 31.1 Å². The standard InChI is InChI=1S/C14H28N2O2/c1-3-4-11(2)13(16-15)12-5-7-18-14(9-12)6-8-17-10-14/h11-13,16H,3-10,15H2,1-2H3. The van der Waals surface area contributed by atoms with E-state index in [0.717, 1.165) is 39.1 Å². The third kappa shape index (κ3) is 3.05. The lowest BCUT2D eigenvalue weighted by Gasteiger charge is -2.41. The average Bonchev–Trinajstić information content (AvgIpc) is 2.79. The van der Waals surface area contributed by atoms with E-state index in [1.165, 1.54) is 12.8 Å². The quantitative estimate of drug-likeness (QED) is 0.582. The summed E-state index contributed by atoms with van der Waals surface area (Å²) in [7, 11) is 0. The topological polar surface area (TPSA) is 56.5 Å². The Morgan fingerprint density at radius 3 is 2.89 bits per heavy atom. The van der Waals surface area contributed by atoms with Crippen LogP contribution in [0.25, 0.3) is 0 Å². The van der Waals surface area contributed by atoms with Crippen molar-refractivity contribution in [3.05, 3.63) is 0 Å². The maximum Gasteiger partial charge on any atom is 0.0939 e. The number of hydrazine groups is 1. The van der Waals surface area contributed by atoms with Crippen LogP contribution in [-0.2, 0) is 9.47 Å². The van der Waals surface area contributed by atoms with E-state index in [1.54, 1.807) is 0 Å². The SMILES string of the molecule is CCCC(C)C(NN)C1CCOC2(CCOC2)C1. The lowest BCUT2D eigenvalue weighted by atomic mass is 9.76. The molecule has 4 heteroatoms. The highest BCUT2D eigenvalue weighted by Crippen LogP contribution is 2.38. The Kier molecular flexibility index (Phi) is 5.01. The van der Waals surface area contributed by atoms with Crippen LogP contribution in [0.3, 0.4) is 0 Å². The predicted molar refractivity (Wildman–Crippen MR) is 72.0 cm³/mol. The molecular weight excluding hydrogens is 228 g/mol. The van der Waals surface area contributed by atoms with Gasteiger partial charge in [0.15, 0.2) is 0 Å². The summed E-state index contributed by atoms with van der Waals surface area (Å²) in [6.07, 6.45) is 5.70. The van der Waals surface area contributed by atoms with Gasteiger partial charge in [0.2, 0.25) is 0 Å². The van der Waals surface area contributed by atoms with E-state index in [4.69, 9.17) is 15.3 Å².